The van der Waals surface area contributed by atoms with Gasteiger partial charge in [-0.3, -0.25) is 4.40 Å². The largest absolute Gasteiger partial charge is 0.487 e. The number of benzene rings is 1. The highest BCUT2D eigenvalue weighted by molar-refractivity contribution is 9.10. The van der Waals surface area contributed by atoms with E-state index in [1.807, 2.05) is 22.2 Å². The molecule has 102 valence electrons. The Labute approximate surface area is 126 Å². The second-order valence-electron chi connectivity index (χ2n) is 4.06. The molecule has 0 unspecified atom stereocenters. The Morgan fingerprint density at radius 1 is 1.50 bits per heavy atom. The third kappa shape index (κ3) is 2.54. The molecule has 0 fully saturated rings. The van der Waals surface area contributed by atoms with Gasteiger partial charge in [0.05, 0.1) is 11.3 Å². The average molecular weight is 353 g/mol. The topological polar surface area (TPSA) is 63.8 Å². The fourth-order valence-corrected chi connectivity index (χ4v) is 2.90. The SMILES string of the molecule is O=C(O)c1cc(OCc2cn3ccsc3n2)ccc1Br. The Hall–Kier alpha value is -1.86. The highest BCUT2D eigenvalue weighted by Crippen LogP contribution is 2.23. The molecule has 2 aromatic heterocycles. The van der Waals surface area contributed by atoms with Crippen LogP contribution in [0.2, 0.25) is 0 Å². The molecule has 0 saturated heterocycles. The van der Waals surface area contributed by atoms with Crippen LogP contribution in [0.15, 0.2) is 40.4 Å². The summed E-state index contributed by atoms with van der Waals surface area (Å²) in [7, 11) is 0. The van der Waals surface area contributed by atoms with Crippen LogP contribution >= 0.6 is 27.3 Å². The van der Waals surface area contributed by atoms with E-state index < -0.39 is 5.97 Å². The van der Waals surface area contributed by atoms with E-state index in [2.05, 4.69) is 20.9 Å². The smallest absolute Gasteiger partial charge is 0.336 e. The molecule has 0 aliphatic heterocycles. The van der Waals surface area contributed by atoms with Crippen molar-refractivity contribution in [3.63, 3.8) is 0 Å². The monoisotopic (exact) mass is 352 g/mol. The molecule has 0 atom stereocenters. The van der Waals surface area contributed by atoms with Crippen LogP contribution in [0.25, 0.3) is 4.96 Å². The lowest BCUT2D eigenvalue weighted by atomic mass is 10.2. The molecule has 1 N–H and O–H groups in total. The van der Waals surface area contributed by atoms with Gasteiger partial charge in [-0.15, -0.1) is 11.3 Å². The molecule has 0 amide bonds. The van der Waals surface area contributed by atoms with Gasteiger partial charge in [0.25, 0.3) is 0 Å². The summed E-state index contributed by atoms with van der Waals surface area (Å²) < 4.78 is 8.03. The number of thiazole rings is 1. The summed E-state index contributed by atoms with van der Waals surface area (Å²) in [6, 6.07) is 4.87. The van der Waals surface area contributed by atoms with Crippen molar-refractivity contribution in [2.24, 2.45) is 0 Å². The lowest BCUT2D eigenvalue weighted by molar-refractivity contribution is 0.0695. The molecule has 0 saturated carbocycles. The van der Waals surface area contributed by atoms with Crippen LogP contribution in [0, 0.1) is 0 Å². The van der Waals surface area contributed by atoms with E-state index in [1.54, 1.807) is 23.5 Å². The number of ether oxygens (including phenoxy) is 1. The highest BCUT2D eigenvalue weighted by Gasteiger charge is 2.10. The van der Waals surface area contributed by atoms with Crippen LogP contribution in [-0.2, 0) is 6.61 Å². The van der Waals surface area contributed by atoms with Crippen molar-refractivity contribution in [1.82, 2.24) is 9.38 Å². The van der Waals surface area contributed by atoms with Gasteiger partial charge in [0, 0.05) is 22.2 Å². The number of halogens is 1. The summed E-state index contributed by atoms with van der Waals surface area (Å²) in [6.07, 6.45) is 3.82. The molecule has 0 aliphatic carbocycles. The first kappa shape index (κ1) is 13.1. The fraction of sp³-hybridized carbons (Fsp3) is 0.0769. The van der Waals surface area contributed by atoms with Crippen molar-refractivity contribution in [2.45, 2.75) is 6.61 Å². The second kappa shape index (κ2) is 5.26. The quantitative estimate of drug-likeness (QED) is 0.781. The van der Waals surface area contributed by atoms with Crippen LogP contribution in [0.3, 0.4) is 0 Å². The summed E-state index contributed by atoms with van der Waals surface area (Å²) in [4.78, 5) is 16.3. The van der Waals surface area contributed by atoms with Gasteiger partial charge < -0.3 is 9.84 Å². The number of rotatable bonds is 4. The third-order valence-corrected chi connectivity index (χ3v) is 4.16. The summed E-state index contributed by atoms with van der Waals surface area (Å²) in [5.74, 6) is -0.494. The third-order valence-electron chi connectivity index (χ3n) is 2.70. The molecule has 0 aliphatic rings. The zero-order valence-corrected chi connectivity index (χ0v) is 12.5. The van der Waals surface area contributed by atoms with E-state index in [1.165, 1.54) is 6.07 Å². The van der Waals surface area contributed by atoms with Gasteiger partial charge in [0.1, 0.15) is 12.4 Å². The van der Waals surface area contributed by atoms with E-state index in [0.717, 1.165) is 10.7 Å². The first-order valence-corrected chi connectivity index (χ1v) is 7.37. The Balaban J connectivity index is 1.76. The maximum Gasteiger partial charge on any atom is 0.336 e. The van der Waals surface area contributed by atoms with Gasteiger partial charge >= 0.3 is 5.97 Å². The summed E-state index contributed by atoms with van der Waals surface area (Å²) in [5.41, 5.74) is 0.977. The number of carbonyl (C=O) groups is 1. The standard InChI is InChI=1S/C13H9BrN2O3S/c14-11-2-1-9(5-10(11)12(17)18)19-7-8-6-16-3-4-20-13(16)15-8/h1-6H,7H2,(H,17,18). The summed E-state index contributed by atoms with van der Waals surface area (Å²) in [6.45, 7) is 0.301. The molecule has 0 spiro atoms. The Bertz CT molecular complexity index is 752. The van der Waals surface area contributed by atoms with Crippen molar-refractivity contribution in [1.29, 1.82) is 0 Å². The number of imidazole rings is 1. The van der Waals surface area contributed by atoms with Crippen molar-refractivity contribution in [3.8, 4) is 5.75 Å². The molecule has 0 radical (unpaired) electrons. The number of aromatic nitrogens is 2. The van der Waals surface area contributed by atoms with Gasteiger partial charge in [-0.1, -0.05) is 0 Å². The Morgan fingerprint density at radius 3 is 3.10 bits per heavy atom. The van der Waals surface area contributed by atoms with Crippen molar-refractivity contribution in [3.05, 3.63) is 51.7 Å². The van der Waals surface area contributed by atoms with E-state index in [-0.39, 0.29) is 5.56 Å². The van der Waals surface area contributed by atoms with Crippen LogP contribution in [0.4, 0.5) is 0 Å². The predicted octanol–water partition coefficient (Wildman–Crippen LogP) is 3.44. The minimum absolute atomic E-state index is 0.174. The Kier molecular flexibility index (Phi) is 3.45. The normalized spacial score (nSPS) is 10.8. The highest BCUT2D eigenvalue weighted by atomic mass is 79.9. The lowest BCUT2D eigenvalue weighted by Crippen LogP contribution is -2.00. The molecular weight excluding hydrogens is 344 g/mol. The molecule has 3 rings (SSSR count). The van der Waals surface area contributed by atoms with Crippen molar-refractivity contribution < 1.29 is 14.6 Å². The zero-order valence-electron chi connectivity index (χ0n) is 10.1. The van der Waals surface area contributed by atoms with Gasteiger partial charge in [0.15, 0.2) is 4.96 Å². The van der Waals surface area contributed by atoms with E-state index in [0.29, 0.717) is 16.8 Å². The molecule has 20 heavy (non-hydrogen) atoms. The number of hydrogen-bond donors (Lipinski definition) is 1. The van der Waals surface area contributed by atoms with Gasteiger partial charge in [-0.05, 0) is 34.1 Å². The number of hydrogen-bond acceptors (Lipinski definition) is 4. The van der Waals surface area contributed by atoms with Crippen LogP contribution in [0.1, 0.15) is 16.1 Å². The number of nitrogens with zero attached hydrogens (tertiary/aromatic N) is 2. The predicted molar refractivity (Wildman–Crippen MR) is 78.5 cm³/mol. The van der Waals surface area contributed by atoms with Crippen molar-refractivity contribution >= 4 is 38.2 Å². The van der Waals surface area contributed by atoms with Crippen LogP contribution in [-0.4, -0.2) is 20.5 Å². The molecule has 0 bridgehead atoms. The number of carboxylic acid groups (broad SMARTS) is 1. The first-order valence-electron chi connectivity index (χ1n) is 5.70. The van der Waals surface area contributed by atoms with Crippen molar-refractivity contribution in [2.75, 3.05) is 0 Å². The lowest BCUT2D eigenvalue weighted by Gasteiger charge is -2.06. The van der Waals surface area contributed by atoms with E-state index in [4.69, 9.17) is 9.84 Å². The van der Waals surface area contributed by atoms with Crippen LogP contribution in [0.5, 0.6) is 5.75 Å². The molecular formula is C13H9BrN2O3S. The maximum absolute atomic E-state index is 11.0. The molecule has 3 aromatic rings. The molecule has 7 heteroatoms. The van der Waals surface area contributed by atoms with Gasteiger partial charge in [0.2, 0.25) is 0 Å². The summed E-state index contributed by atoms with van der Waals surface area (Å²) >= 11 is 4.74. The van der Waals surface area contributed by atoms with Gasteiger partial charge in [-0.25, -0.2) is 9.78 Å². The van der Waals surface area contributed by atoms with E-state index >= 15 is 0 Å². The number of carboxylic acids is 1. The Morgan fingerprint density at radius 2 is 2.35 bits per heavy atom. The minimum Gasteiger partial charge on any atom is -0.487 e. The molecule has 1 aromatic carbocycles. The maximum atomic E-state index is 11.0. The van der Waals surface area contributed by atoms with Crippen LogP contribution < -0.4 is 4.74 Å². The van der Waals surface area contributed by atoms with E-state index in [9.17, 15) is 4.79 Å². The fourth-order valence-electron chi connectivity index (χ4n) is 1.76. The zero-order chi connectivity index (χ0) is 14.1. The minimum atomic E-state index is -0.996. The molecule has 5 nitrogen and oxygen atoms in total. The molecule has 2 heterocycles. The second-order valence-corrected chi connectivity index (χ2v) is 5.79. The number of aromatic carboxylic acids is 1. The first-order chi connectivity index (χ1) is 9.63. The number of fused-ring (bicyclic) bond motifs is 1. The van der Waals surface area contributed by atoms with Gasteiger partial charge in [-0.2, -0.15) is 0 Å². The summed E-state index contributed by atoms with van der Waals surface area (Å²) in [5, 5.41) is 11.0. The average Bonchev–Trinajstić information content (AvgIpc) is 2.98.